The highest BCUT2D eigenvalue weighted by atomic mass is 35.5. The van der Waals surface area contributed by atoms with Gasteiger partial charge in [-0.05, 0) is 17.7 Å². The smallest absolute Gasteiger partial charge is 0.162 e. The van der Waals surface area contributed by atoms with Crippen LogP contribution >= 0.6 is 11.6 Å². The zero-order valence-electron chi connectivity index (χ0n) is 13.0. The molecule has 1 unspecified atom stereocenters. The van der Waals surface area contributed by atoms with Crippen LogP contribution in [0.1, 0.15) is 11.7 Å². The Kier molecular flexibility index (Phi) is 5.39. The van der Waals surface area contributed by atoms with E-state index in [1.807, 2.05) is 36.4 Å². The Labute approximate surface area is 141 Å². The van der Waals surface area contributed by atoms with E-state index < -0.39 is 0 Å². The summed E-state index contributed by atoms with van der Waals surface area (Å²) in [6, 6.07) is 15.5. The fourth-order valence-corrected chi connectivity index (χ4v) is 2.82. The molecule has 0 amide bonds. The van der Waals surface area contributed by atoms with E-state index in [4.69, 9.17) is 25.8 Å². The second-order valence-corrected chi connectivity index (χ2v) is 5.79. The van der Waals surface area contributed by atoms with Crippen LogP contribution in [0.5, 0.6) is 11.5 Å². The van der Waals surface area contributed by atoms with Crippen LogP contribution in [-0.4, -0.2) is 32.9 Å². The van der Waals surface area contributed by atoms with Gasteiger partial charge in [0.05, 0.1) is 13.7 Å². The molecule has 0 spiro atoms. The van der Waals surface area contributed by atoms with Crippen LogP contribution in [0.15, 0.2) is 48.5 Å². The molecule has 4 nitrogen and oxygen atoms in total. The zero-order chi connectivity index (χ0) is 16.1. The molecule has 1 aliphatic heterocycles. The van der Waals surface area contributed by atoms with Gasteiger partial charge >= 0.3 is 0 Å². The van der Waals surface area contributed by atoms with Crippen molar-refractivity contribution in [3.8, 4) is 11.5 Å². The summed E-state index contributed by atoms with van der Waals surface area (Å²) in [7, 11) is 1.61. The summed E-state index contributed by atoms with van der Waals surface area (Å²) in [6.45, 7) is 2.28. The summed E-state index contributed by atoms with van der Waals surface area (Å²) in [4.78, 5) is 0. The zero-order valence-corrected chi connectivity index (χ0v) is 13.8. The summed E-state index contributed by atoms with van der Waals surface area (Å²) in [6.07, 6.45) is -0.286. The van der Waals surface area contributed by atoms with Crippen LogP contribution < -0.4 is 14.8 Å². The van der Waals surface area contributed by atoms with Crippen molar-refractivity contribution >= 4 is 11.6 Å². The maximum atomic E-state index is 6.27. The van der Waals surface area contributed by atoms with Gasteiger partial charge < -0.3 is 19.5 Å². The molecule has 2 atom stereocenters. The lowest BCUT2D eigenvalue weighted by Gasteiger charge is -2.32. The monoisotopic (exact) mass is 333 g/mol. The molecular formula is C18H20ClNO3. The number of rotatable bonds is 5. The molecule has 0 radical (unpaired) electrons. The van der Waals surface area contributed by atoms with Crippen molar-refractivity contribution in [3.63, 3.8) is 0 Å². The first-order valence-corrected chi connectivity index (χ1v) is 8.03. The Hall–Kier alpha value is -1.75. The van der Waals surface area contributed by atoms with Crippen molar-refractivity contribution in [3.05, 3.63) is 59.1 Å². The van der Waals surface area contributed by atoms with Crippen molar-refractivity contribution in [2.24, 2.45) is 0 Å². The molecule has 0 bridgehead atoms. The van der Waals surface area contributed by atoms with E-state index in [1.165, 1.54) is 0 Å². The molecule has 0 saturated carbocycles. The summed E-state index contributed by atoms with van der Waals surface area (Å²) in [5.41, 5.74) is 1.07. The standard InChI is InChI=1S/C18H20ClNO3/c1-21-16-11-14(19)7-8-15(16)23-18(13-5-3-2-4-6-13)17-12-20-9-10-22-17/h2-8,11,17-18,20H,9-10,12H2,1H3/t17?,18-/m1/s1. The van der Waals surface area contributed by atoms with Gasteiger partial charge in [-0.1, -0.05) is 41.9 Å². The average molecular weight is 334 g/mol. The first kappa shape index (κ1) is 16.1. The van der Waals surface area contributed by atoms with Gasteiger partial charge in [0, 0.05) is 24.2 Å². The van der Waals surface area contributed by atoms with Gasteiger partial charge in [0.1, 0.15) is 6.10 Å². The molecule has 1 aliphatic rings. The molecule has 3 rings (SSSR count). The maximum Gasteiger partial charge on any atom is 0.162 e. The minimum atomic E-state index is -0.223. The number of benzene rings is 2. The Bertz CT molecular complexity index is 629. The third kappa shape index (κ3) is 3.96. The van der Waals surface area contributed by atoms with Gasteiger partial charge in [-0.15, -0.1) is 0 Å². The average Bonchev–Trinajstić information content (AvgIpc) is 2.62. The molecule has 2 aromatic carbocycles. The van der Waals surface area contributed by atoms with E-state index in [2.05, 4.69) is 5.32 Å². The third-order valence-electron chi connectivity index (χ3n) is 3.80. The summed E-state index contributed by atoms with van der Waals surface area (Å²) >= 11 is 6.03. The first-order valence-electron chi connectivity index (χ1n) is 7.65. The fraction of sp³-hybridized carbons (Fsp3) is 0.333. The lowest BCUT2D eigenvalue weighted by molar-refractivity contribution is -0.0438. The summed E-state index contributed by atoms with van der Waals surface area (Å²) < 4.78 is 17.6. The van der Waals surface area contributed by atoms with Crippen LogP contribution in [0.3, 0.4) is 0 Å². The second-order valence-electron chi connectivity index (χ2n) is 5.36. The van der Waals surface area contributed by atoms with Crippen LogP contribution in [0.2, 0.25) is 5.02 Å². The molecule has 1 N–H and O–H groups in total. The number of halogens is 1. The highest BCUT2D eigenvalue weighted by molar-refractivity contribution is 6.30. The third-order valence-corrected chi connectivity index (χ3v) is 4.04. The largest absolute Gasteiger partial charge is 0.493 e. The fourth-order valence-electron chi connectivity index (χ4n) is 2.66. The Morgan fingerprint density at radius 1 is 1.17 bits per heavy atom. The number of hydrogen-bond donors (Lipinski definition) is 1. The number of methoxy groups -OCH3 is 1. The van der Waals surface area contributed by atoms with Crippen molar-refractivity contribution in [2.45, 2.75) is 12.2 Å². The van der Waals surface area contributed by atoms with E-state index in [0.717, 1.165) is 18.7 Å². The predicted octanol–water partition coefficient (Wildman–Crippen LogP) is 3.46. The number of morpholine rings is 1. The van der Waals surface area contributed by atoms with E-state index in [1.54, 1.807) is 19.2 Å². The lowest BCUT2D eigenvalue weighted by Crippen LogP contribution is -2.43. The van der Waals surface area contributed by atoms with Gasteiger partial charge in [0.15, 0.2) is 17.6 Å². The molecule has 2 aromatic rings. The van der Waals surface area contributed by atoms with Crippen LogP contribution in [0.25, 0.3) is 0 Å². The van der Waals surface area contributed by atoms with Gasteiger partial charge in [0.25, 0.3) is 0 Å². The minimum Gasteiger partial charge on any atom is -0.493 e. The molecule has 1 saturated heterocycles. The maximum absolute atomic E-state index is 6.27. The van der Waals surface area contributed by atoms with Crippen molar-refractivity contribution in [2.75, 3.05) is 26.8 Å². The number of hydrogen-bond acceptors (Lipinski definition) is 4. The lowest BCUT2D eigenvalue weighted by atomic mass is 10.0. The highest BCUT2D eigenvalue weighted by Gasteiger charge is 2.28. The first-order chi connectivity index (χ1) is 11.3. The molecule has 122 valence electrons. The Morgan fingerprint density at radius 2 is 2.00 bits per heavy atom. The van der Waals surface area contributed by atoms with E-state index in [0.29, 0.717) is 23.1 Å². The molecular weight excluding hydrogens is 314 g/mol. The van der Waals surface area contributed by atoms with Gasteiger partial charge in [-0.3, -0.25) is 0 Å². The van der Waals surface area contributed by atoms with E-state index in [9.17, 15) is 0 Å². The second kappa shape index (κ2) is 7.68. The molecule has 5 heteroatoms. The molecule has 0 aliphatic carbocycles. The molecule has 1 fully saturated rings. The van der Waals surface area contributed by atoms with Gasteiger partial charge in [0.2, 0.25) is 0 Å². The SMILES string of the molecule is COc1cc(Cl)ccc1O[C@H](c1ccccc1)C1CNCCO1. The topological polar surface area (TPSA) is 39.7 Å². The molecule has 23 heavy (non-hydrogen) atoms. The quantitative estimate of drug-likeness (QED) is 0.909. The van der Waals surface area contributed by atoms with Gasteiger partial charge in [-0.2, -0.15) is 0 Å². The summed E-state index contributed by atoms with van der Waals surface area (Å²) in [5, 5.41) is 3.96. The normalized spacial score (nSPS) is 19.1. The molecule has 0 aromatic heterocycles. The number of nitrogens with one attached hydrogen (secondary N) is 1. The summed E-state index contributed by atoms with van der Waals surface area (Å²) in [5.74, 6) is 1.27. The van der Waals surface area contributed by atoms with Crippen LogP contribution in [0, 0.1) is 0 Å². The van der Waals surface area contributed by atoms with Gasteiger partial charge in [-0.25, -0.2) is 0 Å². The molecule has 1 heterocycles. The van der Waals surface area contributed by atoms with Crippen molar-refractivity contribution < 1.29 is 14.2 Å². The number of ether oxygens (including phenoxy) is 3. The van der Waals surface area contributed by atoms with Crippen molar-refractivity contribution in [1.82, 2.24) is 5.32 Å². The van der Waals surface area contributed by atoms with Crippen molar-refractivity contribution in [1.29, 1.82) is 0 Å². The van der Waals surface area contributed by atoms with E-state index in [-0.39, 0.29) is 12.2 Å². The minimum absolute atomic E-state index is 0.0634. The van der Waals surface area contributed by atoms with Crippen LogP contribution in [0.4, 0.5) is 0 Å². The highest BCUT2D eigenvalue weighted by Crippen LogP contribution is 2.35. The Balaban J connectivity index is 1.89. The van der Waals surface area contributed by atoms with E-state index >= 15 is 0 Å². The Morgan fingerprint density at radius 3 is 2.70 bits per heavy atom. The predicted molar refractivity (Wildman–Crippen MR) is 90.4 cm³/mol. The van der Waals surface area contributed by atoms with Crippen LogP contribution in [-0.2, 0) is 4.74 Å².